The zero-order valence-electron chi connectivity index (χ0n) is 12.0. The van der Waals surface area contributed by atoms with Gasteiger partial charge in [0.1, 0.15) is 0 Å². The van der Waals surface area contributed by atoms with Crippen LogP contribution >= 0.6 is 0 Å². The standard InChI is InChI=1S/C6H14/c1-4-6(3)5-2/h6H,4-5H2,1-3H3/i1D3,4D2,5D2,6D. The molecule has 0 aromatic carbocycles. The van der Waals surface area contributed by atoms with Crippen LogP contribution in [0.4, 0.5) is 0 Å². The van der Waals surface area contributed by atoms with E-state index < -0.39 is 25.5 Å². The second-order valence-electron chi connectivity index (χ2n) is 1.00. The van der Waals surface area contributed by atoms with Crippen LogP contribution < -0.4 is 0 Å². The SMILES string of the molecule is [2H]C([2H])([2H])C([2H])([2H])C([2H])(C)C([2H])([2H])C. The Morgan fingerprint density at radius 2 is 2.67 bits per heavy atom. The van der Waals surface area contributed by atoms with Crippen molar-refractivity contribution in [2.45, 2.75) is 33.4 Å². The van der Waals surface area contributed by atoms with E-state index in [4.69, 9.17) is 11.0 Å². The number of hydrogen-bond acceptors (Lipinski definition) is 0. The van der Waals surface area contributed by atoms with E-state index in [1.165, 1.54) is 0 Å². The van der Waals surface area contributed by atoms with Crippen molar-refractivity contribution in [2.24, 2.45) is 5.89 Å². The Bertz CT molecular complexity index is 183. The van der Waals surface area contributed by atoms with Crippen LogP contribution in [0.15, 0.2) is 0 Å². The minimum atomic E-state index is -3.01. The molecule has 0 rings (SSSR count). The zero-order chi connectivity index (χ0) is 12.0. The molecule has 0 spiro atoms. The molecule has 0 aliphatic rings. The monoisotopic (exact) mass is 94.2 g/mol. The van der Waals surface area contributed by atoms with Crippen LogP contribution in [-0.4, -0.2) is 0 Å². The highest BCUT2D eigenvalue weighted by Gasteiger charge is 1.88. The molecule has 0 radical (unpaired) electrons. The summed E-state index contributed by atoms with van der Waals surface area (Å²) in [6.07, 6.45) is -5.12. The van der Waals surface area contributed by atoms with Crippen LogP contribution in [0.25, 0.3) is 0 Å². The average molecular weight is 94.2 g/mol. The third-order valence-corrected chi connectivity index (χ3v) is 0.562. The molecule has 1 atom stereocenters. The van der Waals surface area contributed by atoms with Crippen LogP contribution in [-0.2, 0) is 0 Å². The van der Waals surface area contributed by atoms with Crippen molar-refractivity contribution >= 4 is 0 Å². The van der Waals surface area contributed by atoms with E-state index in [1.807, 2.05) is 0 Å². The molecule has 0 saturated heterocycles. The summed E-state index contributed by atoms with van der Waals surface area (Å²) in [6.45, 7) is -1.05. The molecule has 0 nitrogen and oxygen atoms in total. The molecule has 0 aliphatic heterocycles. The molecule has 0 aromatic rings. The van der Waals surface area contributed by atoms with Crippen LogP contribution in [0, 0.1) is 5.89 Å². The zero-order valence-corrected chi connectivity index (χ0v) is 4.00. The molecular formula is C6H14. The normalized spacial score (nSPS) is 46.3. The molecule has 6 heavy (non-hydrogen) atoms. The minimum absolute atomic E-state index is 0.958. The van der Waals surface area contributed by atoms with Crippen LogP contribution in [0.5, 0.6) is 0 Å². The lowest BCUT2D eigenvalue weighted by atomic mass is 10.1. The Morgan fingerprint density at radius 3 is 2.83 bits per heavy atom. The summed E-state index contributed by atoms with van der Waals surface area (Å²) in [4.78, 5) is 0. The van der Waals surface area contributed by atoms with Crippen LogP contribution in [0.3, 0.4) is 0 Å². The number of rotatable bonds is 2. The second-order valence-corrected chi connectivity index (χ2v) is 1.00. The highest BCUT2D eigenvalue weighted by molar-refractivity contribution is 4.41. The van der Waals surface area contributed by atoms with E-state index in [9.17, 15) is 0 Å². The van der Waals surface area contributed by atoms with E-state index in [1.54, 1.807) is 0 Å². The Labute approximate surface area is 51.8 Å². The molecular weight excluding hydrogens is 72.1 g/mol. The Kier molecular flexibility index (Phi) is 0.473. The van der Waals surface area contributed by atoms with Gasteiger partial charge < -0.3 is 0 Å². The predicted molar refractivity (Wildman–Crippen MR) is 29.7 cm³/mol. The molecule has 0 N–H and O–H groups in total. The van der Waals surface area contributed by atoms with Gasteiger partial charge in [0, 0.05) is 11.0 Å². The summed E-state index contributed by atoms with van der Waals surface area (Å²) in [5.41, 5.74) is 0. The van der Waals surface area contributed by atoms with E-state index in [2.05, 4.69) is 0 Å². The van der Waals surface area contributed by atoms with Crippen molar-refractivity contribution in [3.63, 3.8) is 0 Å². The van der Waals surface area contributed by atoms with Crippen molar-refractivity contribution < 1.29 is 11.0 Å². The van der Waals surface area contributed by atoms with Gasteiger partial charge in [-0.2, -0.15) is 0 Å². The summed E-state index contributed by atoms with van der Waals surface area (Å²) in [6, 6.07) is 0. The first-order valence-corrected chi connectivity index (χ1v) is 1.75. The van der Waals surface area contributed by atoms with E-state index in [-0.39, 0.29) is 0 Å². The molecule has 1 unspecified atom stereocenters. The number of hydrogen-bond donors (Lipinski definition) is 0. The predicted octanol–water partition coefficient (Wildman–Crippen LogP) is 2.44. The quantitative estimate of drug-likeness (QED) is 0.493. The maximum Gasteiger partial charge on any atom is 0.0300 e. The van der Waals surface area contributed by atoms with E-state index >= 15 is 0 Å². The van der Waals surface area contributed by atoms with Crippen LogP contribution in [0.2, 0.25) is 0 Å². The third kappa shape index (κ3) is 2.25. The fourth-order valence-corrected chi connectivity index (χ4v) is 0.0625. The maximum atomic E-state index is 7.53. The highest BCUT2D eigenvalue weighted by atomic mass is 13.9. The first kappa shape index (κ1) is 0.888. The Balaban J connectivity index is 5.30. The fraction of sp³-hybridized carbons (Fsp3) is 1.00. The molecule has 0 saturated carbocycles. The van der Waals surface area contributed by atoms with Gasteiger partial charge in [-0.25, -0.2) is 0 Å². The van der Waals surface area contributed by atoms with Gasteiger partial charge in [-0.05, 0) is 5.89 Å². The molecule has 0 fully saturated rings. The van der Waals surface area contributed by atoms with Crippen molar-refractivity contribution in [3.8, 4) is 0 Å². The van der Waals surface area contributed by atoms with E-state index in [0.717, 1.165) is 13.8 Å². The maximum absolute atomic E-state index is 7.53. The molecule has 0 bridgehead atoms. The fourth-order valence-electron chi connectivity index (χ4n) is 0.0625. The molecule has 0 amide bonds. The van der Waals surface area contributed by atoms with Crippen molar-refractivity contribution in [3.05, 3.63) is 0 Å². The van der Waals surface area contributed by atoms with Crippen LogP contribution in [0.1, 0.15) is 44.4 Å². The summed E-state index contributed by atoms with van der Waals surface area (Å²) < 4.78 is 57.5. The van der Waals surface area contributed by atoms with Gasteiger partial charge in [0.15, 0.2) is 0 Å². The van der Waals surface area contributed by atoms with Gasteiger partial charge in [-0.1, -0.05) is 33.4 Å². The molecule has 0 heterocycles. The van der Waals surface area contributed by atoms with Gasteiger partial charge >= 0.3 is 0 Å². The lowest BCUT2D eigenvalue weighted by Gasteiger charge is -1.98. The first-order valence-electron chi connectivity index (χ1n) is 5.75. The summed E-state index contributed by atoms with van der Waals surface area (Å²) in [7, 11) is 0. The van der Waals surface area contributed by atoms with Crippen molar-refractivity contribution in [1.82, 2.24) is 0 Å². The molecule has 38 valence electrons. The van der Waals surface area contributed by atoms with Crippen molar-refractivity contribution in [2.75, 3.05) is 0 Å². The van der Waals surface area contributed by atoms with Gasteiger partial charge in [-0.15, -0.1) is 0 Å². The van der Waals surface area contributed by atoms with Gasteiger partial charge in [0.25, 0.3) is 0 Å². The second kappa shape index (κ2) is 3.20. The summed E-state index contributed by atoms with van der Waals surface area (Å²) in [5.74, 6) is -2.33. The Morgan fingerprint density at radius 1 is 2.00 bits per heavy atom. The largest absolute Gasteiger partial charge is 0.0651 e. The lowest BCUT2D eigenvalue weighted by molar-refractivity contribution is 0.544. The average Bonchev–Trinajstić information content (AvgIpc) is 1.81. The first-order chi connectivity index (χ1) is 5.75. The van der Waals surface area contributed by atoms with Gasteiger partial charge in [0.05, 0.1) is 0 Å². The van der Waals surface area contributed by atoms with Gasteiger partial charge in [0.2, 0.25) is 0 Å². The smallest absolute Gasteiger partial charge is 0.0300 e. The highest BCUT2D eigenvalue weighted by Crippen LogP contribution is 2.02. The molecule has 0 heteroatoms. The summed E-state index contributed by atoms with van der Waals surface area (Å²) >= 11 is 0. The molecule has 0 aliphatic carbocycles. The Hall–Kier alpha value is 0. The molecule has 0 aromatic heterocycles. The lowest BCUT2D eigenvalue weighted by Crippen LogP contribution is -1.85. The topological polar surface area (TPSA) is 0 Å². The van der Waals surface area contributed by atoms with E-state index in [0.29, 0.717) is 0 Å². The van der Waals surface area contributed by atoms with Crippen molar-refractivity contribution in [1.29, 1.82) is 0 Å². The summed E-state index contributed by atoms with van der Waals surface area (Å²) in [5, 5.41) is 0. The minimum Gasteiger partial charge on any atom is -0.0651 e. The third-order valence-electron chi connectivity index (χ3n) is 0.562. The van der Waals surface area contributed by atoms with Gasteiger partial charge in [-0.3, -0.25) is 0 Å².